The van der Waals surface area contributed by atoms with Crippen molar-refractivity contribution in [2.75, 3.05) is 14.2 Å². The molecule has 0 aliphatic heterocycles. The Morgan fingerprint density at radius 2 is 1.04 bits per heavy atom. The first-order valence-corrected chi connectivity index (χ1v) is 7.73. The van der Waals surface area contributed by atoms with Crippen LogP contribution in [-0.4, -0.2) is 26.6 Å². The van der Waals surface area contributed by atoms with E-state index in [1.54, 1.807) is 26.6 Å². The van der Waals surface area contributed by atoms with Crippen LogP contribution >= 0.6 is 0 Å². The molecular weight excluding hydrogens is 316 g/mol. The van der Waals surface area contributed by atoms with Crippen molar-refractivity contribution < 1.29 is 13.9 Å². The molecule has 3 rings (SSSR count). The van der Waals surface area contributed by atoms with Gasteiger partial charge in [-0.25, -0.2) is 0 Å². The van der Waals surface area contributed by atoms with Gasteiger partial charge in [-0.05, 0) is 60.7 Å². The molecule has 0 radical (unpaired) electrons. The quantitative estimate of drug-likeness (QED) is 0.609. The molecule has 0 bridgehead atoms. The van der Waals surface area contributed by atoms with Gasteiger partial charge in [0.05, 0.1) is 38.0 Å². The van der Waals surface area contributed by atoms with Crippen LogP contribution in [0.1, 0.15) is 11.5 Å². The van der Waals surface area contributed by atoms with Crippen LogP contribution in [-0.2, 0) is 0 Å². The highest BCUT2D eigenvalue weighted by Crippen LogP contribution is 2.19. The number of rotatable bonds is 6. The van der Waals surface area contributed by atoms with Crippen molar-refractivity contribution in [3.8, 4) is 11.5 Å². The van der Waals surface area contributed by atoms with Crippen LogP contribution < -0.4 is 9.47 Å². The number of hydrogen-bond donors (Lipinski definition) is 0. The lowest BCUT2D eigenvalue weighted by Crippen LogP contribution is -1.81. The second-order valence-corrected chi connectivity index (χ2v) is 5.15. The Bertz CT molecular complexity index is 791. The highest BCUT2D eigenvalue weighted by atomic mass is 16.5. The van der Waals surface area contributed by atoms with E-state index >= 15 is 0 Å². The average molecular weight is 334 g/mol. The average Bonchev–Trinajstić information content (AvgIpc) is 3.13. The smallest absolute Gasteiger partial charge is 0.145 e. The standard InChI is InChI=1S/C20H18N2O3/c1-23-17-7-3-15(4-8-17)21-13-19-11-12-20(25-19)14-22-16-5-9-18(24-2)10-6-16/h3-14H,1-2H3. The number of hydrogen-bond acceptors (Lipinski definition) is 5. The summed E-state index contributed by atoms with van der Waals surface area (Å²) in [5.41, 5.74) is 1.65. The Balaban J connectivity index is 1.64. The Kier molecular flexibility index (Phi) is 5.26. The van der Waals surface area contributed by atoms with Crippen molar-refractivity contribution in [1.29, 1.82) is 0 Å². The van der Waals surface area contributed by atoms with E-state index in [1.807, 2.05) is 60.7 Å². The molecule has 0 fully saturated rings. The molecule has 0 aliphatic rings. The largest absolute Gasteiger partial charge is 0.497 e. The minimum Gasteiger partial charge on any atom is -0.497 e. The van der Waals surface area contributed by atoms with E-state index in [2.05, 4.69) is 9.98 Å². The zero-order chi connectivity index (χ0) is 17.5. The van der Waals surface area contributed by atoms with Crippen molar-refractivity contribution in [1.82, 2.24) is 0 Å². The third-order valence-corrected chi connectivity index (χ3v) is 3.47. The molecule has 25 heavy (non-hydrogen) atoms. The van der Waals surface area contributed by atoms with Gasteiger partial charge < -0.3 is 13.9 Å². The Labute approximate surface area is 146 Å². The molecule has 0 unspecified atom stereocenters. The first kappa shape index (κ1) is 16.5. The van der Waals surface area contributed by atoms with Gasteiger partial charge in [-0.3, -0.25) is 9.98 Å². The molecule has 5 nitrogen and oxygen atoms in total. The molecule has 3 aromatic rings. The van der Waals surface area contributed by atoms with E-state index < -0.39 is 0 Å². The Morgan fingerprint density at radius 3 is 1.40 bits per heavy atom. The molecule has 126 valence electrons. The molecule has 0 amide bonds. The van der Waals surface area contributed by atoms with E-state index in [4.69, 9.17) is 13.9 Å². The number of furan rings is 1. The summed E-state index contributed by atoms with van der Waals surface area (Å²) in [6.07, 6.45) is 3.35. The van der Waals surface area contributed by atoms with Gasteiger partial charge in [-0.15, -0.1) is 0 Å². The topological polar surface area (TPSA) is 56.3 Å². The van der Waals surface area contributed by atoms with Gasteiger partial charge in [-0.1, -0.05) is 0 Å². The SMILES string of the molecule is COc1ccc(N=Cc2ccc(C=Nc3ccc(OC)cc3)o2)cc1. The molecule has 1 heterocycles. The number of benzene rings is 2. The summed E-state index contributed by atoms with van der Waals surface area (Å²) >= 11 is 0. The third kappa shape index (κ3) is 4.57. The Morgan fingerprint density at radius 1 is 0.640 bits per heavy atom. The van der Waals surface area contributed by atoms with Crippen molar-refractivity contribution in [2.24, 2.45) is 9.98 Å². The van der Waals surface area contributed by atoms with Crippen molar-refractivity contribution in [3.05, 3.63) is 72.2 Å². The highest BCUT2D eigenvalue weighted by Gasteiger charge is 1.98. The van der Waals surface area contributed by atoms with E-state index in [-0.39, 0.29) is 0 Å². The predicted molar refractivity (Wildman–Crippen MR) is 99.2 cm³/mol. The minimum absolute atomic E-state index is 0.659. The molecule has 0 spiro atoms. The number of nitrogens with zero attached hydrogens (tertiary/aromatic N) is 2. The highest BCUT2D eigenvalue weighted by molar-refractivity contribution is 5.83. The summed E-state index contributed by atoms with van der Waals surface area (Å²) in [4.78, 5) is 8.74. The fourth-order valence-corrected chi connectivity index (χ4v) is 2.12. The maximum Gasteiger partial charge on any atom is 0.145 e. The summed E-state index contributed by atoms with van der Waals surface area (Å²) < 4.78 is 15.9. The van der Waals surface area contributed by atoms with Gasteiger partial charge in [0.25, 0.3) is 0 Å². The summed E-state index contributed by atoms with van der Waals surface area (Å²) in [6, 6.07) is 18.7. The van der Waals surface area contributed by atoms with Gasteiger partial charge in [-0.2, -0.15) is 0 Å². The lowest BCUT2D eigenvalue weighted by atomic mass is 10.3. The van der Waals surface area contributed by atoms with Crippen LogP contribution in [0.15, 0.2) is 75.1 Å². The van der Waals surface area contributed by atoms with Crippen LogP contribution in [0.3, 0.4) is 0 Å². The number of methoxy groups -OCH3 is 2. The lowest BCUT2D eigenvalue weighted by molar-refractivity contribution is 0.415. The summed E-state index contributed by atoms with van der Waals surface area (Å²) in [5, 5.41) is 0. The molecule has 0 saturated carbocycles. The predicted octanol–water partition coefficient (Wildman–Crippen LogP) is 4.80. The van der Waals surface area contributed by atoms with E-state index in [0.29, 0.717) is 11.5 Å². The molecule has 5 heteroatoms. The van der Waals surface area contributed by atoms with Gasteiger partial charge in [0, 0.05) is 0 Å². The van der Waals surface area contributed by atoms with Gasteiger partial charge in [0.15, 0.2) is 0 Å². The number of ether oxygens (including phenoxy) is 2. The minimum atomic E-state index is 0.659. The van der Waals surface area contributed by atoms with Gasteiger partial charge in [0.2, 0.25) is 0 Å². The zero-order valence-electron chi connectivity index (χ0n) is 14.0. The van der Waals surface area contributed by atoms with Gasteiger partial charge in [0.1, 0.15) is 23.0 Å². The van der Waals surface area contributed by atoms with Crippen LogP contribution in [0.2, 0.25) is 0 Å². The monoisotopic (exact) mass is 334 g/mol. The van der Waals surface area contributed by atoms with Gasteiger partial charge >= 0.3 is 0 Å². The lowest BCUT2D eigenvalue weighted by Gasteiger charge is -1.98. The second kappa shape index (κ2) is 7.97. The van der Waals surface area contributed by atoms with Crippen LogP contribution in [0.5, 0.6) is 11.5 Å². The number of aliphatic imine (C=N–C) groups is 2. The fourth-order valence-electron chi connectivity index (χ4n) is 2.12. The summed E-state index contributed by atoms with van der Waals surface area (Å²) in [5.74, 6) is 2.92. The summed E-state index contributed by atoms with van der Waals surface area (Å²) in [6.45, 7) is 0. The molecule has 0 saturated heterocycles. The zero-order valence-corrected chi connectivity index (χ0v) is 14.0. The molecule has 1 aromatic heterocycles. The molecular formula is C20H18N2O3. The third-order valence-electron chi connectivity index (χ3n) is 3.47. The first-order chi connectivity index (χ1) is 12.3. The van der Waals surface area contributed by atoms with E-state index in [9.17, 15) is 0 Å². The maximum absolute atomic E-state index is 5.67. The molecule has 0 aliphatic carbocycles. The first-order valence-electron chi connectivity index (χ1n) is 7.73. The summed E-state index contributed by atoms with van der Waals surface area (Å²) in [7, 11) is 3.27. The van der Waals surface area contributed by atoms with Crippen molar-refractivity contribution in [2.45, 2.75) is 0 Å². The molecule has 0 atom stereocenters. The van der Waals surface area contributed by atoms with Crippen LogP contribution in [0.25, 0.3) is 0 Å². The van der Waals surface area contributed by atoms with E-state index in [1.165, 1.54) is 0 Å². The fraction of sp³-hybridized carbons (Fsp3) is 0.100. The van der Waals surface area contributed by atoms with E-state index in [0.717, 1.165) is 22.9 Å². The van der Waals surface area contributed by atoms with Crippen molar-refractivity contribution in [3.63, 3.8) is 0 Å². The molecule has 0 N–H and O–H groups in total. The van der Waals surface area contributed by atoms with Crippen LogP contribution in [0.4, 0.5) is 11.4 Å². The van der Waals surface area contributed by atoms with Crippen molar-refractivity contribution >= 4 is 23.8 Å². The van der Waals surface area contributed by atoms with Crippen LogP contribution in [0, 0.1) is 0 Å². The second-order valence-electron chi connectivity index (χ2n) is 5.15. The Hall–Kier alpha value is -3.34. The normalized spacial score (nSPS) is 11.3. The molecule has 2 aromatic carbocycles. The maximum atomic E-state index is 5.67.